The molecule has 0 spiro atoms. The van der Waals surface area contributed by atoms with E-state index in [1.54, 1.807) is 6.07 Å². The molecule has 0 radical (unpaired) electrons. The topological polar surface area (TPSA) is 132 Å². The van der Waals surface area contributed by atoms with Crippen LogP contribution in [-0.2, 0) is 9.53 Å². The third-order valence-corrected chi connectivity index (χ3v) is 4.75. The van der Waals surface area contributed by atoms with Gasteiger partial charge in [-0.05, 0) is 16.0 Å². The lowest BCUT2D eigenvalue weighted by Crippen LogP contribution is -2.38. The van der Waals surface area contributed by atoms with E-state index in [9.17, 15) is 14.9 Å². The van der Waals surface area contributed by atoms with Crippen molar-refractivity contribution in [2.75, 3.05) is 50.5 Å². The number of nitrogens with zero attached hydrogens (tertiary/aromatic N) is 4. The number of pyridine rings is 2. The molecule has 12 heteroatoms. The van der Waals surface area contributed by atoms with Gasteiger partial charge in [0.1, 0.15) is 16.6 Å². The van der Waals surface area contributed by atoms with Crippen molar-refractivity contribution in [3.63, 3.8) is 0 Å². The molecule has 1 amide bonds. The Kier molecular flexibility index (Phi) is 7.33. The van der Waals surface area contributed by atoms with E-state index < -0.39 is 10.7 Å². The highest BCUT2D eigenvalue weighted by atomic mass is 35.5. The van der Waals surface area contributed by atoms with Crippen LogP contribution in [0.25, 0.3) is 0 Å². The number of carbonyl (C=O) groups excluding carboxylic acids is 1. The Morgan fingerprint density at radius 2 is 2.17 bits per heavy atom. The fourth-order valence-corrected chi connectivity index (χ4v) is 3.12. The van der Waals surface area contributed by atoms with Crippen molar-refractivity contribution in [1.82, 2.24) is 14.9 Å². The highest BCUT2D eigenvalue weighted by Gasteiger charge is 2.22. The number of amides is 1. The highest BCUT2D eigenvalue weighted by molar-refractivity contribution is 6.35. The van der Waals surface area contributed by atoms with Crippen LogP contribution in [0.2, 0.25) is 5.02 Å². The first-order valence-electron chi connectivity index (χ1n) is 9.22. The zero-order chi connectivity index (χ0) is 21.5. The van der Waals surface area contributed by atoms with Crippen LogP contribution in [0.15, 0.2) is 24.5 Å². The van der Waals surface area contributed by atoms with Gasteiger partial charge in [-0.2, -0.15) is 0 Å². The number of anilines is 2. The van der Waals surface area contributed by atoms with Gasteiger partial charge in [0, 0.05) is 45.4 Å². The minimum atomic E-state index is -0.640. The van der Waals surface area contributed by atoms with E-state index in [4.69, 9.17) is 21.1 Å². The lowest BCUT2D eigenvalue weighted by atomic mass is 10.3. The minimum Gasteiger partial charge on any atom is -0.452 e. The maximum atomic E-state index is 12.2. The molecule has 1 fully saturated rings. The summed E-state index contributed by atoms with van der Waals surface area (Å²) in [6.07, 6.45) is 2.97. The van der Waals surface area contributed by atoms with E-state index in [0.29, 0.717) is 37.7 Å². The van der Waals surface area contributed by atoms with Crippen molar-refractivity contribution >= 4 is 34.8 Å². The van der Waals surface area contributed by atoms with E-state index in [-0.39, 0.29) is 22.4 Å². The Morgan fingerprint density at radius 3 is 2.87 bits per heavy atom. The lowest BCUT2D eigenvalue weighted by Gasteiger charge is -2.26. The molecule has 0 aliphatic carbocycles. The van der Waals surface area contributed by atoms with Crippen LogP contribution < -0.4 is 15.4 Å². The fraction of sp³-hybridized carbons (Fsp3) is 0.389. The molecule has 11 nitrogen and oxygen atoms in total. The second kappa shape index (κ2) is 10.1. The van der Waals surface area contributed by atoms with Gasteiger partial charge in [-0.15, -0.1) is 0 Å². The molecule has 0 unspecified atom stereocenters. The molecule has 3 heterocycles. The van der Waals surface area contributed by atoms with E-state index in [1.807, 2.05) is 0 Å². The van der Waals surface area contributed by atoms with E-state index >= 15 is 0 Å². The van der Waals surface area contributed by atoms with Crippen LogP contribution in [-0.4, -0.2) is 65.6 Å². The van der Waals surface area contributed by atoms with Crippen LogP contribution in [0.5, 0.6) is 11.5 Å². The quantitative estimate of drug-likeness (QED) is 0.473. The molecule has 2 N–H and O–H groups in total. The third kappa shape index (κ3) is 5.53. The van der Waals surface area contributed by atoms with Crippen molar-refractivity contribution in [1.29, 1.82) is 0 Å². The average Bonchev–Trinajstić information content (AvgIpc) is 2.74. The predicted octanol–water partition coefficient (Wildman–Crippen LogP) is 2.53. The van der Waals surface area contributed by atoms with Gasteiger partial charge in [0.05, 0.1) is 13.2 Å². The van der Waals surface area contributed by atoms with Gasteiger partial charge >= 0.3 is 5.82 Å². The van der Waals surface area contributed by atoms with Crippen LogP contribution in [0.4, 0.5) is 17.3 Å². The van der Waals surface area contributed by atoms with E-state index in [2.05, 4.69) is 25.5 Å². The SMILES string of the molecule is CNc1c([N+](=O)[O-])ncc(Oc2ccnc(NC(=O)CCN3CCOCC3)c2)c1Cl. The first-order valence-corrected chi connectivity index (χ1v) is 9.60. The molecule has 0 saturated carbocycles. The number of halogens is 1. The monoisotopic (exact) mass is 436 g/mol. The Morgan fingerprint density at radius 1 is 1.40 bits per heavy atom. The van der Waals surface area contributed by atoms with Gasteiger partial charge in [-0.3, -0.25) is 9.69 Å². The Bertz CT molecular complexity index is 922. The normalized spacial score (nSPS) is 14.2. The molecule has 0 bridgehead atoms. The third-order valence-electron chi connectivity index (χ3n) is 4.37. The maximum absolute atomic E-state index is 12.2. The van der Waals surface area contributed by atoms with Gasteiger partial charge in [0.2, 0.25) is 5.91 Å². The van der Waals surface area contributed by atoms with E-state index in [0.717, 1.165) is 13.1 Å². The summed E-state index contributed by atoms with van der Waals surface area (Å²) in [5.41, 5.74) is 0.0462. The second-order valence-electron chi connectivity index (χ2n) is 6.37. The standard InChI is InChI=1S/C18H21ClN6O5/c1-20-17-16(19)13(11-22-18(17)25(27)28)30-12-2-4-21-14(10-12)23-15(26)3-5-24-6-8-29-9-7-24/h2,4,10-11,20H,3,5-9H2,1H3,(H,21,23,26). The molecule has 2 aromatic rings. The molecule has 2 aromatic heterocycles. The fourth-order valence-electron chi connectivity index (χ4n) is 2.85. The van der Waals surface area contributed by atoms with Crippen LogP contribution >= 0.6 is 11.6 Å². The number of morpholine rings is 1. The van der Waals surface area contributed by atoms with Crippen LogP contribution in [0, 0.1) is 10.1 Å². The molecule has 1 saturated heterocycles. The van der Waals surface area contributed by atoms with Crippen molar-refractivity contribution in [2.45, 2.75) is 6.42 Å². The number of ether oxygens (including phenoxy) is 2. The molecule has 1 aliphatic rings. The predicted molar refractivity (Wildman–Crippen MR) is 110 cm³/mol. The van der Waals surface area contributed by atoms with Crippen molar-refractivity contribution in [3.8, 4) is 11.5 Å². The molecule has 0 aromatic carbocycles. The highest BCUT2D eigenvalue weighted by Crippen LogP contribution is 2.39. The zero-order valence-electron chi connectivity index (χ0n) is 16.3. The zero-order valence-corrected chi connectivity index (χ0v) is 17.0. The molecule has 1 aliphatic heterocycles. The number of hydrogen-bond donors (Lipinski definition) is 2. The number of carbonyl (C=O) groups is 1. The number of nitrogens with one attached hydrogen (secondary N) is 2. The number of aromatic nitrogens is 2. The van der Waals surface area contributed by atoms with Crippen molar-refractivity contribution in [2.24, 2.45) is 0 Å². The minimum absolute atomic E-state index is 0.0205. The Balaban J connectivity index is 1.64. The summed E-state index contributed by atoms with van der Waals surface area (Å²) in [6, 6.07) is 3.10. The summed E-state index contributed by atoms with van der Waals surface area (Å²) in [4.78, 5) is 32.7. The molecule has 3 rings (SSSR count). The Hall–Kier alpha value is -3.02. The average molecular weight is 437 g/mol. The Labute approximate surface area is 177 Å². The first kappa shape index (κ1) is 21.7. The number of nitro groups is 1. The number of hydrogen-bond acceptors (Lipinski definition) is 9. The summed E-state index contributed by atoms with van der Waals surface area (Å²) >= 11 is 6.22. The largest absolute Gasteiger partial charge is 0.452 e. The number of rotatable bonds is 8. The van der Waals surface area contributed by atoms with Gasteiger partial charge in [0.25, 0.3) is 0 Å². The second-order valence-corrected chi connectivity index (χ2v) is 6.75. The van der Waals surface area contributed by atoms with Gasteiger partial charge in [-0.25, -0.2) is 4.98 Å². The summed E-state index contributed by atoms with van der Waals surface area (Å²) < 4.78 is 11.0. The lowest BCUT2D eigenvalue weighted by molar-refractivity contribution is -0.388. The van der Waals surface area contributed by atoms with Crippen LogP contribution in [0.1, 0.15) is 6.42 Å². The van der Waals surface area contributed by atoms with Crippen molar-refractivity contribution < 1.29 is 19.2 Å². The van der Waals surface area contributed by atoms with Gasteiger partial charge < -0.3 is 30.2 Å². The van der Waals surface area contributed by atoms with Crippen LogP contribution in [0.3, 0.4) is 0 Å². The summed E-state index contributed by atoms with van der Waals surface area (Å²) in [6.45, 7) is 3.62. The van der Waals surface area contributed by atoms with Gasteiger partial charge in [-0.1, -0.05) is 11.6 Å². The summed E-state index contributed by atoms with van der Waals surface area (Å²) in [7, 11) is 1.50. The summed E-state index contributed by atoms with van der Waals surface area (Å²) in [5, 5.41) is 16.5. The summed E-state index contributed by atoms with van der Waals surface area (Å²) in [5.74, 6) is 0.214. The molecule has 160 valence electrons. The van der Waals surface area contributed by atoms with Gasteiger partial charge in [0.15, 0.2) is 17.6 Å². The molecular weight excluding hydrogens is 416 g/mol. The molecular formula is C18H21ClN6O5. The molecule has 30 heavy (non-hydrogen) atoms. The van der Waals surface area contributed by atoms with E-state index in [1.165, 1.54) is 25.5 Å². The first-order chi connectivity index (χ1) is 14.5. The molecule has 0 atom stereocenters. The smallest absolute Gasteiger partial charge is 0.388 e. The van der Waals surface area contributed by atoms with Crippen molar-refractivity contribution in [3.05, 3.63) is 39.7 Å². The maximum Gasteiger partial charge on any atom is 0.388 e.